The Labute approximate surface area is 74.9 Å². The van der Waals surface area contributed by atoms with Crippen molar-refractivity contribution in [2.24, 2.45) is 0 Å². The van der Waals surface area contributed by atoms with Gasteiger partial charge in [0.15, 0.2) is 0 Å². The van der Waals surface area contributed by atoms with E-state index in [4.69, 9.17) is 5.11 Å². The summed E-state index contributed by atoms with van der Waals surface area (Å²) in [5.74, 6) is -0.108. The van der Waals surface area contributed by atoms with Crippen LogP contribution in [-0.2, 0) is 4.79 Å². The second-order valence-electron chi connectivity index (χ2n) is 3.53. The first-order valence-electron chi connectivity index (χ1n) is 4.13. The number of fused-ring (bicyclic) bond motifs is 1. The fraction of sp³-hybridized carbons (Fsp3) is 0.714. The molecule has 3 N–H and O–H groups in total. The molecule has 2 heterocycles. The lowest BCUT2D eigenvalue weighted by Gasteiger charge is -2.45. The minimum atomic E-state index is -1.12. The van der Waals surface area contributed by atoms with Crippen LogP contribution < -0.4 is 10.7 Å². The van der Waals surface area contributed by atoms with Crippen LogP contribution >= 0.6 is 0 Å². The van der Waals surface area contributed by atoms with Gasteiger partial charge in [0.1, 0.15) is 5.54 Å². The summed E-state index contributed by atoms with van der Waals surface area (Å²) in [6, 6.07) is 0.0897. The number of β-lactam (4-membered cyclic amide) rings is 1. The number of nitrogens with one attached hydrogen (secondary N) is 2. The maximum absolute atomic E-state index is 11.2. The average molecular weight is 185 g/mol. The van der Waals surface area contributed by atoms with E-state index in [0.29, 0.717) is 6.54 Å². The van der Waals surface area contributed by atoms with Gasteiger partial charge in [0.05, 0.1) is 6.04 Å². The van der Waals surface area contributed by atoms with Crippen LogP contribution in [0.3, 0.4) is 0 Å². The van der Waals surface area contributed by atoms with Gasteiger partial charge in [-0.15, -0.1) is 0 Å². The standard InChI is InChI=1S/C7H11N3O3/c1-7-4(8-5(7)11)2-3-10(7)9-6(12)13/h4,9H,2-3H2,1H3,(H,8,11)(H,12,13)/t4-,7+/m1/s1. The molecule has 72 valence electrons. The van der Waals surface area contributed by atoms with Gasteiger partial charge in [-0.05, 0) is 13.3 Å². The molecule has 2 atom stereocenters. The van der Waals surface area contributed by atoms with Gasteiger partial charge < -0.3 is 10.4 Å². The smallest absolute Gasteiger partial charge is 0.419 e. The van der Waals surface area contributed by atoms with Gasteiger partial charge in [-0.3, -0.25) is 10.2 Å². The van der Waals surface area contributed by atoms with Crippen LogP contribution in [0.15, 0.2) is 0 Å². The predicted octanol–water partition coefficient (Wildman–Crippen LogP) is -0.868. The Kier molecular flexibility index (Phi) is 1.50. The molecule has 6 heteroatoms. The van der Waals surface area contributed by atoms with Gasteiger partial charge in [0.25, 0.3) is 0 Å². The molecule has 0 saturated carbocycles. The number of amides is 2. The largest absolute Gasteiger partial charge is 0.464 e. The first-order chi connectivity index (χ1) is 6.05. The first kappa shape index (κ1) is 8.31. The Bertz CT molecular complexity index is 280. The number of nitrogens with zero attached hydrogens (tertiary/aromatic N) is 1. The van der Waals surface area contributed by atoms with Crippen molar-refractivity contribution in [3.05, 3.63) is 0 Å². The summed E-state index contributed by atoms with van der Waals surface area (Å²) in [5, 5.41) is 12.7. The van der Waals surface area contributed by atoms with Crippen molar-refractivity contribution < 1.29 is 14.7 Å². The molecular weight excluding hydrogens is 174 g/mol. The lowest BCUT2D eigenvalue weighted by molar-refractivity contribution is -0.144. The summed E-state index contributed by atoms with van der Waals surface area (Å²) in [7, 11) is 0. The van der Waals surface area contributed by atoms with Crippen molar-refractivity contribution >= 4 is 12.0 Å². The summed E-state index contributed by atoms with van der Waals surface area (Å²) in [4.78, 5) is 21.6. The highest BCUT2D eigenvalue weighted by Gasteiger charge is 2.59. The van der Waals surface area contributed by atoms with Crippen LogP contribution in [0.25, 0.3) is 0 Å². The topological polar surface area (TPSA) is 81.7 Å². The summed E-state index contributed by atoms with van der Waals surface area (Å²) in [6.07, 6.45) is -0.329. The van der Waals surface area contributed by atoms with Crippen molar-refractivity contribution in [3.63, 3.8) is 0 Å². The second kappa shape index (κ2) is 2.35. The molecule has 6 nitrogen and oxygen atoms in total. The number of hydrogen-bond acceptors (Lipinski definition) is 3. The quantitative estimate of drug-likeness (QED) is 0.464. The summed E-state index contributed by atoms with van der Waals surface area (Å²) < 4.78 is 0. The molecule has 0 spiro atoms. The highest BCUT2D eigenvalue weighted by molar-refractivity contribution is 5.94. The van der Waals surface area contributed by atoms with Crippen LogP contribution in [0.1, 0.15) is 13.3 Å². The number of carbonyl (C=O) groups is 2. The second-order valence-corrected chi connectivity index (χ2v) is 3.53. The van der Waals surface area contributed by atoms with Crippen LogP contribution in [-0.4, -0.2) is 40.2 Å². The Morgan fingerprint density at radius 2 is 2.54 bits per heavy atom. The maximum atomic E-state index is 11.2. The van der Waals surface area contributed by atoms with Gasteiger partial charge in [-0.25, -0.2) is 9.80 Å². The van der Waals surface area contributed by atoms with Gasteiger partial charge in [-0.1, -0.05) is 0 Å². The molecule has 0 aliphatic carbocycles. The van der Waals surface area contributed by atoms with Gasteiger partial charge >= 0.3 is 6.09 Å². The number of carbonyl (C=O) groups excluding carboxylic acids is 1. The number of hydrogen-bond donors (Lipinski definition) is 3. The molecule has 0 unspecified atom stereocenters. The Balaban J connectivity index is 2.13. The molecule has 2 fully saturated rings. The molecule has 13 heavy (non-hydrogen) atoms. The van der Waals surface area contributed by atoms with Crippen LogP contribution in [0, 0.1) is 0 Å². The minimum absolute atomic E-state index is 0.0897. The van der Waals surface area contributed by atoms with Crippen molar-refractivity contribution in [1.82, 2.24) is 15.8 Å². The van der Waals surface area contributed by atoms with Crippen molar-refractivity contribution in [3.8, 4) is 0 Å². The van der Waals surface area contributed by atoms with Gasteiger partial charge in [0.2, 0.25) is 5.91 Å². The van der Waals surface area contributed by atoms with E-state index in [1.54, 1.807) is 6.92 Å². The van der Waals surface area contributed by atoms with E-state index in [2.05, 4.69) is 10.7 Å². The lowest BCUT2D eigenvalue weighted by Crippen LogP contribution is -2.75. The van der Waals surface area contributed by atoms with Crippen LogP contribution in [0.2, 0.25) is 0 Å². The number of hydrazine groups is 1. The Morgan fingerprint density at radius 3 is 3.08 bits per heavy atom. The summed E-state index contributed by atoms with van der Waals surface area (Å²) in [5.41, 5.74) is 1.56. The van der Waals surface area contributed by atoms with E-state index < -0.39 is 11.6 Å². The third-order valence-corrected chi connectivity index (χ3v) is 2.88. The normalized spacial score (nSPS) is 37.6. The van der Waals surface area contributed by atoms with E-state index in [1.807, 2.05) is 0 Å². The highest BCUT2D eigenvalue weighted by atomic mass is 16.4. The van der Waals surface area contributed by atoms with Gasteiger partial charge in [-0.2, -0.15) is 0 Å². The average Bonchev–Trinajstić information content (AvgIpc) is 2.28. The van der Waals surface area contributed by atoms with E-state index in [-0.39, 0.29) is 11.9 Å². The first-order valence-corrected chi connectivity index (χ1v) is 4.13. The predicted molar refractivity (Wildman–Crippen MR) is 42.8 cm³/mol. The molecule has 0 aromatic carbocycles. The zero-order chi connectivity index (χ0) is 9.64. The molecule has 2 rings (SSSR count). The number of rotatable bonds is 1. The molecule has 2 aliphatic heterocycles. The fourth-order valence-electron chi connectivity index (χ4n) is 1.97. The zero-order valence-electron chi connectivity index (χ0n) is 7.20. The monoisotopic (exact) mass is 185 g/mol. The summed E-state index contributed by atoms with van der Waals surface area (Å²) in [6.45, 7) is 2.33. The van der Waals surface area contributed by atoms with Gasteiger partial charge in [0, 0.05) is 6.54 Å². The molecule has 2 aliphatic rings. The maximum Gasteiger partial charge on any atom is 0.419 e. The zero-order valence-corrected chi connectivity index (χ0v) is 7.20. The van der Waals surface area contributed by atoms with Crippen LogP contribution in [0.4, 0.5) is 4.79 Å². The third-order valence-electron chi connectivity index (χ3n) is 2.88. The van der Waals surface area contributed by atoms with Crippen LogP contribution in [0.5, 0.6) is 0 Å². The molecule has 0 aromatic rings. The lowest BCUT2D eigenvalue weighted by atomic mass is 9.85. The summed E-state index contributed by atoms with van der Waals surface area (Å²) >= 11 is 0. The SMILES string of the molecule is C[C@@]12C(=O)N[C@@H]1CCN2NC(=O)O. The highest BCUT2D eigenvalue weighted by Crippen LogP contribution is 2.34. The Hall–Kier alpha value is -1.30. The van der Waals surface area contributed by atoms with Crippen molar-refractivity contribution in [2.45, 2.75) is 24.9 Å². The van der Waals surface area contributed by atoms with E-state index in [0.717, 1.165) is 6.42 Å². The molecule has 0 aromatic heterocycles. The third kappa shape index (κ3) is 0.918. The molecule has 2 amide bonds. The van der Waals surface area contributed by atoms with E-state index in [9.17, 15) is 9.59 Å². The fourth-order valence-corrected chi connectivity index (χ4v) is 1.97. The molecule has 0 radical (unpaired) electrons. The Morgan fingerprint density at radius 1 is 1.85 bits per heavy atom. The van der Waals surface area contributed by atoms with Crippen molar-refractivity contribution in [2.75, 3.05) is 6.54 Å². The molecule has 2 saturated heterocycles. The van der Waals surface area contributed by atoms with E-state index >= 15 is 0 Å². The van der Waals surface area contributed by atoms with Crippen molar-refractivity contribution in [1.29, 1.82) is 0 Å². The number of carboxylic acid groups (broad SMARTS) is 1. The van der Waals surface area contributed by atoms with E-state index in [1.165, 1.54) is 5.01 Å². The minimum Gasteiger partial charge on any atom is -0.464 e. The molecular formula is C7H11N3O3. The molecule has 0 bridgehead atoms.